The lowest BCUT2D eigenvalue weighted by Gasteiger charge is -2.38. The number of rotatable bonds is 7. The molecule has 7 heteroatoms. The summed E-state index contributed by atoms with van der Waals surface area (Å²) in [6.45, 7) is 2.42. The van der Waals surface area contributed by atoms with Crippen LogP contribution in [0.15, 0.2) is 18.2 Å². The number of carbonyl (C=O) groups excluding carboxylic acids is 1. The number of ether oxygens (including phenoxy) is 3. The van der Waals surface area contributed by atoms with E-state index in [0.29, 0.717) is 30.3 Å². The van der Waals surface area contributed by atoms with Gasteiger partial charge >= 0.3 is 5.97 Å². The molecule has 1 amide bonds. The second-order valence-corrected chi connectivity index (χ2v) is 7.18. The minimum atomic E-state index is -1.07. The zero-order valence-electron chi connectivity index (χ0n) is 15.7. The highest BCUT2D eigenvalue weighted by Crippen LogP contribution is 2.40. The number of carbonyl (C=O) groups is 2. The highest BCUT2D eigenvalue weighted by Gasteiger charge is 2.40. The fourth-order valence-electron chi connectivity index (χ4n) is 3.96. The van der Waals surface area contributed by atoms with Crippen LogP contribution in [-0.4, -0.2) is 48.4 Å². The Morgan fingerprint density at radius 3 is 2.74 bits per heavy atom. The van der Waals surface area contributed by atoms with Crippen molar-refractivity contribution >= 4 is 11.9 Å². The van der Waals surface area contributed by atoms with Gasteiger partial charge in [-0.05, 0) is 50.8 Å². The van der Waals surface area contributed by atoms with Crippen molar-refractivity contribution in [2.75, 3.05) is 19.8 Å². The summed E-state index contributed by atoms with van der Waals surface area (Å²) >= 11 is 0. The summed E-state index contributed by atoms with van der Waals surface area (Å²) < 4.78 is 16.8. The van der Waals surface area contributed by atoms with Crippen LogP contribution in [0, 0.1) is 0 Å². The fourth-order valence-corrected chi connectivity index (χ4v) is 3.96. The molecule has 148 valence electrons. The second kappa shape index (κ2) is 8.61. The van der Waals surface area contributed by atoms with Crippen molar-refractivity contribution in [1.29, 1.82) is 0 Å². The van der Waals surface area contributed by atoms with Crippen LogP contribution in [0.25, 0.3) is 0 Å². The number of nitrogens with one attached hydrogen (secondary N) is 1. The van der Waals surface area contributed by atoms with Gasteiger partial charge in [-0.15, -0.1) is 0 Å². The zero-order valence-corrected chi connectivity index (χ0v) is 15.7. The molecule has 3 rings (SSSR count). The average molecular weight is 377 g/mol. The number of benzene rings is 1. The lowest BCUT2D eigenvalue weighted by molar-refractivity contribution is -0.139. The van der Waals surface area contributed by atoms with Crippen LogP contribution in [0.5, 0.6) is 11.5 Å². The van der Waals surface area contributed by atoms with Crippen LogP contribution in [-0.2, 0) is 9.53 Å². The maximum Gasteiger partial charge on any atom is 0.341 e. The molecule has 7 nitrogen and oxygen atoms in total. The first-order valence-electron chi connectivity index (χ1n) is 9.57. The third-order valence-corrected chi connectivity index (χ3v) is 5.20. The summed E-state index contributed by atoms with van der Waals surface area (Å²) in [5.41, 5.74) is 0.411. The van der Waals surface area contributed by atoms with Gasteiger partial charge in [0.15, 0.2) is 18.1 Å². The number of aliphatic carboxylic acids is 1. The summed E-state index contributed by atoms with van der Waals surface area (Å²) in [7, 11) is 0. The number of hydrogen-bond acceptors (Lipinski definition) is 5. The lowest BCUT2D eigenvalue weighted by atomic mass is 9.89. The molecule has 1 atom stereocenters. The fraction of sp³-hybridized carbons (Fsp3) is 0.600. The number of hydrogen-bond donors (Lipinski definition) is 2. The molecule has 1 unspecified atom stereocenters. The van der Waals surface area contributed by atoms with Crippen molar-refractivity contribution in [3.8, 4) is 11.5 Å². The molecule has 0 radical (unpaired) electrons. The van der Waals surface area contributed by atoms with E-state index in [4.69, 9.17) is 19.3 Å². The van der Waals surface area contributed by atoms with Gasteiger partial charge in [-0.2, -0.15) is 0 Å². The Labute approximate surface area is 159 Å². The summed E-state index contributed by atoms with van der Waals surface area (Å²) in [5.74, 6) is -0.558. The Balaban J connectivity index is 1.66. The van der Waals surface area contributed by atoms with Crippen molar-refractivity contribution in [3.05, 3.63) is 23.8 Å². The van der Waals surface area contributed by atoms with E-state index in [1.54, 1.807) is 18.2 Å². The molecule has 1 saturated heterocycles. The first-order chi connectivity index (χ1) is 13.0. The minimum absolute atomic E-state index is 0.0544. The van der Waals surface area contributed by atoms with Crippen LogP contribution in [0.3, 0.4) is 0 Å². The van der Waals surface area contributed by atoms with Gasteiger partial charge in [-0.1, -0.05) is 12.8 Å². The molecule has 1 spiro atoms. The molecular weight excluding hydrogens is 350 g/mol. The summed E-state index contributed by atoms with van der Waals surface area (Å²) in [5, 5.41) is 11.9. The normalized spacial score (nSPS) is 21.0. The van der Waals surface area contributed by atoms with Crippen molar-refractivity contribution in [2.45, 2.75) is 57.1 Å². The van der Waals surface area contributed by atoms with E-state index < -0.39 is 12.6 Å². The van der Waals surface area contributed by atoms with Gasteiger partial charge in [0.25, 0.3) is 5.91 Å². The maximum absolute atomic E-state index is 12.7. The molecule has 1 heterocycles. The second-order valence-electron chi connectivity index (χ2n) is 7.18. The van der Waals surface area contributed by atoms with E-state index in [-0.39, 0.29) is 17.6 Å². The van der Waals surface area contributed by atoms with Crippen molar-refractivity contribution in [2.24, 2.45) is 0 Å². The number of carboxylic acids is 1. The largest absolute Gasteiger partial charge is 0.490 e. The predicted molar refractivity (Wildman–Crippen MR) is 98.4 cm³/mol. The van der Waals surface area contributed by atoms with Gasteiger partial charge in [0.05, 0.1) is 12.2 Å². The van der Waals surface area contributed by atoms with Crippen LogP contribution in [0.2, 0.25) is 0 Å². The average Bonchev–Trinajstić information content (AvgIpc) is 3.08. The van der Waals surface area contributed by atoms with Gasteiger partial charge < -0.3 is 24.6 Å². The molecule has 1 aromatic carbocycles. The molecule has 0 bridgehead atoms. The molecule has 1 aliphatic carbocycles. The van der Waals surface area contributed by atoms with E-state index in [1.165, 1.54) is 12.8 Å². The van der Waals surface area contributed by atoms with E-state index in [2.05, 4.69) is 5.32 Å². The maximum atomic E-state index is 12.7. The van der Waals surface area contributed by atoms with Gasteiger partial charge in [0, 0.05) is 18.2 Å². The highest BCUT2D eigenvalue weighted by atomic mass is 16.5. The van der Waals surface area contributed by atoms with Gasteiger partial charge in [0.2, 0.25) is 0 Å². The van der Waals surface area contributed by atoms with Crippen LogP contribution < -0.4 is 14.8 Å². The first kappa shape index (κ1) is 19.5. The summed E-state index contributed by atoms with van der Waals surface area (Å²) in [6, 6.07) is 4.90. The Hall–Kier alpha value is -2.28. The van der Waals surface area contributed by atoms with Gasteiger partial charge in [-0.3, -0.25) is 4.79 Å². The van der Waals surface area contributed by atoms with Gasteiger partial charge in [0.1, 0.15) is 0 Å². The molecule has 2 fully saturated rings. The van der Waals surface area contributed by atoms with Gasteiger partial charge in [-0.25, -0.2) is 4.79 Å². The molecular formula is C20H27NO6. The first-order valence-corrected chi connectivity index (χ1v) is 9.57. The highest BCUT2D eigenvalue weighted by molar-refractivity contribution is 5.95. The molecule has 27 heavy (non-hydrogen) atoms. The van der Waals surface area contributed by atoms with Crippen molar-refractivity contribution in [1.82, 2.24) is 5.32 Å². The topological polar surface area (TPSA) is 94.1 Å². The van der Waals surface area contributed by atoms with Crippen LogP contribution in [0.1, 0.15) is 55.8 Å². The molecule has 0 aromatic heterocycles. The molecule has 2 aliphatic rings. The Morgan fingerprint density at radius 2 is 2.04 bits per heavy atom. The lowest BCUT2D eigenvalue weighted by Crippen LogP contribution is -2.47. The minimum Gasteiger partial charge on any atom is -0.490 e. The smallest absolute Gasteiger partial charge is 0.341 e. The zero-order chi connectivity index (χ0) is 19.3. The van der Waals surface area contributed by atoms with E-state index >= 15 is 0 Å². The molecule has 1 aromatic rings. The Kier molecular flexibility index (Phi) is 6.21. The molecule has 1 saturated carbocycles. The third-order valence-electron chi connectivity index (χ3n) is 5.20. The van der Waals surface area contributed by atoms with Crippen molar-refractivity contribution in [3.63, 3.8) is 0 Å². The third kappa shape index (κ3) is 4.91. The summed E-state index contributed by atoms with van der Waals surface area (Å²) in [6.07, 6.45) is 6.20. The Bertz CT molecular complexity index is 683. The standard InChI is InChI=1S/C20H27NO6/c1-2-25-17-11-14(5-6-16(17)26-13-18(22)23)19(24)21-15-7-10-27-20(12-15)8-3-4-9-20/h5-6,11,15H,2-4,7-10,12-13H2,1H3,(H,21,24)(H,22,23). The van der Waals surface area contributed by atoms with E-state index in [0.717, 1.165) is 25.7 Å². The molecule has 1 aliphatic heterocycles. The Morgan fingerprint density at radius 1 is 1.26 bits per heavy atom. The van der Waals surface area contributed by atoms with Crippen LogP contribution in [0.4, 0.5) is 0 Å². The van der Waals surface area contributed by atoms with E-state index in [9.17, 15) is 9.59 Å². The van der Waals surface area contributed by atoms with Crippen molar-refractivity contribution < 1.29 is 28.9 Å². The van der Waals surface area contributed by atoms with Crippen LogP contribution >= 0.6 is 0 Å². The van der Waals surface area contributed by atoms with E-state index in [1.807, 2.05) is 6.92 Å². The SMILES string of the molecule is CCOc1cc(C(=O)NC2CCOC3(CCCC3)C2)ccc1OCC(=O)O. The number of amides is 1. The molecule has 2 N–H and O–H groups in total. The monoisotopic (exact) mass is 377 g/mol. The number of carboxylic acid groups (broad SMARTS) is 1. The quantitative estimate of drug-likeness (QED) is 0.759. The predicted octanol–water partition coefficient (Wildman–Crippen LogP) is 2.77. The summed E-state index contributed by atoms with van der Waals surface area (Å²) in [4.78, 5) is 23.4.